The molecule has 2 aromatic carbocycles. The van der Waals surface area contributed by atoms with E-state index in [-0.39, 0.29) is 0 Å². The van der Waals surface area contributed by atoms with E-state index in [1.807, 2.05) is 30.3 Å². The largest absolute Gasteiger partial charge is 0.343 e. The van der Waals surface area contributed by atoms with Gasteiger partial charge in [-0.2, -0.15) is 0 Å². The molecule has 104 valence electrons. The van der Waals surface area contributed by atoms with Crippen LogP contribution in [0.15, 0.2) is 48.5 Å². The Morgan fingerprint density at radius 1 is 1.10 bits per heavy atom. The summed E-state index contributed by atoms with van der Waals surface area (Å²) in [6, 6.07) is 17.1. The number of hydrogen-bond donors (Lipinski definition) is 1. The minimum absolute atomic E-state index is 0.698. The van der Waals surface area contributed by atoms with Crippen molar-refractivity contribution in [2.75, 3.05) is 11.9 Å². The highest BCUT2D eigenvalue weighted by Gasteiger charge is 2.21. The topological polar surface area (TPSA) is 15.3 Å². The molecule has 0 radical (unpaired) electrons. The fraction of sp³-hybridized carbons (Fsp3) is 0.294. The van der Waals surface area contributed by atoms with Crippen LogP contribution in [0.25, 0.3) is 0 Å². The summed E-state index contributed by atoms with van der Waals surface area (Å²) in [5.41, 5.74) is 3.48. The first-order valence-electron chi connectivity index (χ1n) is 7.05. The van der Waals surface area contributed by atoms with Gasteiger partial charge in [0.2, 0.25) is 0 Å². The van der Waals surface area contributed by atoms with Gasteiger partial charge in [-0.15, -0.1) is 0 Å². The molecule has 0 aliphatic heterocycles. The van der Waals surface area contributed by atoms with Crippen molar-refractivity contribution in [3.63, 3.8) is 0 Å². The SMILES string of the molecule is CN(c1ccccc1)c1c(Cl)cccc1CNC1CC1. The van der Waals surface area contributed by atoms with Gasteiger partial charge in [0.25, 0.3) is 0 Å². The number of para-hydroxylation sites is 2. The van der Waals surface area contributed by atoms with Crippen molar-refractivity contribution in [2.24, 2.45) is 0 Å². The van der Waals surface area contributed by atoms with Gasteiger partial charge in [0.15, 0.2) is 0 Å². The minimum Gasteiger partial charge on any atom is -0.343 e. The van der Waals surface area contributed by atoms with Crippen molar-refractivity contribution in [3.05, 3.63) is 59.1 Å². The highest BCUT2D eigenvalue weighted by molar-refractivity contribution is 6.33. The van der Waals surface area contributed by atoms with Crippen LogP contribution in [-0.4, -0.2) is 13.1 Å². The molecule has 0 saturated heterocycles. The van der Waals surface area contributed by atoms with Crippen LogP contribution in [0.2, 0.25) is 5.02 Å². The number of rotatable bonds is 5. The quantitative estimate of drug-likeness (QED) is 0.878. The van der Waals surface area contributed by atoms with Crippen LogP contribution in [-0.2, 0) is 6.54 Å². The summed E-state index contributed by atoms with van der Waals surface area (Å²) in [5.74, 6) is 0. The Morgan fingerprint density at radius 3 is 2.55 bits per heavy atom. The van der Waals surface area contributed by atoms with E-state index in [0.29, 0.717) is 6.04 Å². The van der Waals surface area contributed by atoms with E-state index in [1.54, 1.807) is 0 Å². The zero-order valence-corrected chi connectivity index (χ0v) is 12.4. The normalized spacial score (nSPS) is 14.3. The Kier molecular flexibility index (Phi) is 3.95. The summed E-state index contributed by atoms with van der Waals surface area (Å²) in [4.78, 5) is 2.16. The Hall–Kier alpha value is -1.51. The second kappa shape index (κ2) is 5.86. The molecule has 0 aromatic heterocycles. The Morgan fingerprint density at radius 2 is 1.85 bits per heavy atom. The van der Waals surface area contributed by atoms with E-state index in [2.05, 4.69) is 35.5 Å². The molecule has 20 heavy (non-hydrogen) atoms. The number of nitrogens with one attached hydrogen (secondary N) is 1. The predicted octanol–water partition coefficient (Wildman–Crippen LogP) is 4.36. The molecule has 3 heteroatoms. The lowest BCUT2D eigenvalue weighted by atomic mass is 10.1. The minimum atomic E-state index is 0.698. The summed E-state index contributed by atoms with van der Waals surface area (Å²) >= 11 is 6.44. The van der Waals surface area contributed by atoms with Crippen molar-refractivity contribution < 1.29 is 0 Å². The molecule has 0 atom stereocenters. The van der Waals surface area contributed by atoms with Crippen LogP contribution in [0, 0.1) is 0 Å². The van der Waals surface area contributed by atoms with Crippen molar-refractivity contribution in [1.82, 2.24) is 5.32 Å². The predicted molar refractivity (Wildman–Crippen MR) is 85.8 cm³/mol. The lowest BCUT2D eigenvalue weighted by Gasteiger charge is -2.24. The van der Waals surface area contributed by atoms with Gasteiger partial charge in [0, 0.05) is 25.3 Å². The number of hydrogen-bond acceptors (Lipinski definition) is 2. The molecule has 3 rings (SSSR count). The zero-order valence-electron chi connectivity index (χ0n) is 11.6. The zero-order chi connectivity index (χ0) is 13.9. The van der Waals surface area contributed by atoms with E-state index < -0.39 is 0 Å². The Bertz CT molecular complexity index is 579. The van der Waals surface area contributed by atoms with Crippen LogP contribution < -0.4 is 10.2 Å². The lowest BCUT2D eigenvalue weighted by molar-refractivity contribution is 0.687. The monoisotopic (exact) mass is 286 g/mol. The van der Waals surface area contributed by atoms with Crippen molar-refractivity contribution in [2.45, 2.75) is 25.4 Å². The summed E-state index contributed by atoms with van der Waals surface area (Å²) in [5, 5.41) is 4.36. The van der Waals surface area contributed by atoms with Crippen molar-refractivity contribution >= 4 is 23.0 Å². The molecule has 0 heterocycles. The third kappa shape index (κ3) is 2.97. The summed E-state index contributed by atoms with van der Waals surface area (Å²) in [6.45, 7) is 0.873. The fourth-order valence-corrected chi connectivity index (χ4v) is 2.72. The van der Waals surface area contributed by atoms with Crippen LogP contribution in [0.4, 0.5) is 11.4 Å². The molecule has 0 amide bonds. The number of anilines is 2. The van der Waals surface area contributed by atoms with Crippen molar-refractivity contribution in [3.8, 4) is 0 Å². The smallest absolute Gasteiger partial charge is 0.0646 e. The Balaban J connectivity index is 1.89. The maximum atomic E-state index is 6.44. The summed E-state index contributed by atoms with van der Waals surface area (Å²) in [7, 11) is 2.07. The van der Waals surface area contributed by atoms with Gasteiger partial charge in [0.05, 0.1) is 10.7 Å². The van der Waals surface area contributed by atoms with E-state index in [1.165, 1.54) is 18.4 Å². The molecular formula is C17H19ClN2. The number of nitrogens with zero attached hydrogens (tertiary/aromatic N) is 1. The third-order valence-corrected chi connectivity index (χ3v) is 4.01. The molecular weight excluding hydrogens is 268 g/mol. The molecule has 0 bridgehead atoms. The van der Waals surface area contributed by atoms with Gasteiger partial charge in [-0.3, -0.25) is 0 Å². The fourth-order valence-electron chi connectivity index (χ4n) is 2.40. The third-order valence-electron chi connectivity index (χ3n) is 3.71. The standard InChI is InChI=1S/C17H19ClN2/c1-20(15-7-3-2-4-8-15)17-13(6-5-9-16(17)18)12-19-14-10-11-14/h2-9,14,19H,10-12H2,1H3. The molecule has 0 spiro atoms. The van der Waals surface area contributed by atoms with E-state index in [4.69, 9.17) is 11.6 Å². The van der Waals surface area contributed by atoms with Gasteiger partial charge < -0.3 is 10.2 Å². The summed E-state index contributed by atoms with van der Waals surface area (Å²) < 4.78 is 0. The van der Waals surface area contributed by atoms with Crippen molar-refractivity contribution in [1.29, 1.82) is 0 Å². The molecule has 1 fully saturated rings. The van der Waals surface area contributed by atoms with E-state index in [0.717, 1.165) is 22.9 Å². The molecule has 0 unspecified atom stereocenters. The van der Waals surface area contributed by atoms with E-state index >= 15 is 0 Å². The number of halogens is 1. The second-order valence-electron chi connectivity index (χ2n) is 5.30. The molecule has 1 aliphatic carbocycles. The first-order chi connectivity index (χ1) is 9.75. The average Bonchev–Trinajstić information content (AvgIpc) is 3.30. The van der Waals surface area contributed by atoms with Gasteiger partial charge in [-0.1, -0.05) is 41.9 Å². The van der Waals surface area contributed by atoms with Crippen LogP contribution in [0.3, 0.4) is 0 Å². The second-order valence-corrected chi connectivity index (χ2v) is 5.70. The van der Waals surface area contributed by atoms with Crippen LogP contribution in [0.5, 0.6) is 0 Å². The maximum absolute atomic E-state index is 6.44. The number of benzene rings is 2. The lowest BCUT2D eigenvalue weighted by Crippen LogP contribution is -2.19. The summed E-state index contributed by atoms with van der Waals surface area (Å²) in [6.07, 6.45) is 2.59. The maximum Gasteiger partial charge on any atom is 0.0646 e. The van der Waals surface area contributed by atoms with Gasteiger partial charge in [-0.25, -0.2) is 0 Å². The highest BCUT2D eigenvalue weighted by Crippen LogP contribution is 2.34. The average molecular weight is 287 g/mol. The van der Waals surface area contributed by atoms with Gasteiger partial charge >= 0.3 is 0 Å². The van der Waals surface area contributed by atoms with Crippen LogP contribution in [0.1, 0.15) is 18.4 Å². The molecule has 2 nitrogen and oxygen atoms in total. The van der Waals surface area contributed by atoms with Gasteiger partial charge in [0.1, 0.15) is 0 Å². The first kappa shape index (κ1) is 13.5. The molecule has 1 saturated carbocycles. The first-order valence-corrected chi connectivity index (χ1v) is 7.43. The molecule has 2 aromatic rings. The Labute approximate surface area is 125 Å². The molecule has 1 N–H and O–H groups in total. The van der Waals surface area contributed by atoms with Crippen LogP contribution >= 0.6 is 11.6 Å². The van der Waals surface area contributed by atoms with Gasteiger partial charge in [-0.05, 0) is 36.6 Å². The molecule has 1 aliphatic rings. The van der Waals surface area contributed by atoms with E-state index in [9.17, 15) is 0 Å². The highest BCUT2D eigenvalue weighted by atomic mass is 35.5.